The fraction of sp³-hybridized carbons (Fsp3) is 0.357. The van der Waals surface area contributed by atoms with Crippen LogP contribution in [0.3, 0.4) is 0 Å². The van der Waals surface area contributed by atoms with Crippen LogP contribution in [0.15, 0.2) is 42.5 Å². The number of esters is 1. The van der Waals surface area contributed by atoms with Crippen molar-refractivity contribution in [1.82, 2.24) is 9.88 Å². The van der Waals surface area contributed by atoms with Gasteiger partial charge in [0, 0.05) is 40.8 Å². The number of methoxy groups -OCH3 is 1. The van der Waals surface area contributed by atoms with Gasteiger partial charge in [0.2, 0.25) is 5.91 Å². The average molecular weight is 620 g/mol. The summed E-state index contributed by atoms with van der Waals surface area (Å²) in [7, 11) is 1.52. The Labute approximate surface area is 250 Å². The number of hydrogen-bond acceptors (Lipinski definition) is 10. The van der Waals surface area contributed by atoms with Gasteiger partial charge < -0.3 is 19.6 Å². The van der Waals surface area contributed by atoms with Crippen molar-refractivity contribution in [2.45, 2.75) is 39.2 Å². The molecule has 14 heteroatoms. The molecule has 0 saturated carbocycles. The number of aromatic nitrogens is 1. The van der Waals surface area contributed by atoms with Gasteiger partial charge in [0.1, 0.15) is 11.8 Å². The lowest BCUT2D eigenvalue weighted by atomic mass is 10.1. The number of nitrogens with one attached hydrogen (secondary N) is 1. The number of hydrogen-bond donors (Lipinski definition) is 1. The number of thioether (sulfide) groups is 1. The Kier molecular flexibility index (Phi) is 11.7. The van der Waals surface area contributed by atoms with Crippen molar-refractivity contribution < 1.29 is 38.6 Å². The molecular weight excluding hydrogens is 590 g/mol. The Bertz CT molecular complexity index is 1470. The summed E-state index contributed by atoms with van der Waals surface area (Å²) in [6.45, 7) is 2.83. The summed E-state index contributed by atoms with van der Waals surface area (Å²) < 4.78 is 12.1. The van der Waals surface area contributed by atoms with Crippen molar-refractivity contribution >= 4 is 57.2 Å². The first-order chi connectivity index (χ1) is 20.0. The topological polar surface area (TPSA) is 156 Å². The van der Waals surface area contributed by atoms with Crippen molar-refractivity contribution in [2.75, 3.05) is 26.1 Å². The number of fused-ring (bicyclic) bond motifs is 1. The highest BCUT2D eigenvalue weighted by Crippen LogP contribution is 2.31. The molecule has 1 heterocycles. The molecule has 1 N–H and O–H groups in total. The van der Waals surface area contributed by atoms with E-state index in [2.05, 4.69) is 10.2 Å². The van der Waals surface area contributed by atoms with Gasteiger partial charge in [-0.1, -0.05) is 23.4 Å². The maximum Gasteiger partial charge on any atom is 0.329 e. The van der Waals surface area contributed by atoms with E-state index in [9.17, 15) is 29.3 Å². The van der Waals surface area contributed by atoms with Crippen LogP contribution >= 0.6 is 23.4 Å². The normalized spacial score (nSPS) is 11.5. The molecule has 12 nitrogen and oxygen atoms in total. The van der Waals surface area contributed by atoms with Gasteiger partial charge in [0.05, 0.1) is 25.8 Å². The number of ether oxygens (including phenoxy) is 2. The summed E-state index contributed by atoms with van der Waals surface area (Å²) in [6, 6.07) is 10.7. The summed E-state index contributed by atoms with van der Waals surface area (Å²) in [4.78, 5) is 65.3. The van der Waals surface area contributed by atoms with Crippen LogP contribution in [-0.4, -0.2) is 64.7 Å². The van der Waals surface area contributed by atoms with Gasteiger partial charge in [-0.3, -0.25) is 19.0 Å². The van der Waals surface area contributed by atoms with E-state index in [0.29, 0.717) is 51.3 Å². The van der Waals surface area contributed by atoms with E-state index < -0.39 is 23.0 Å². The Morgan fingerprint density at radius 2 is 1.79 bits per heavy atom. The number of amides is 1. The molecular formula is C28H30ClN3O9S. The number of nitrogens with zero attached hydrogens (tertiary/aromatic N) is 2. The molecule has 0 aliphatic heterocycles. The molecule has 0 unspecified atom stereocenters. The smallest absolute Gasteiger partial charge is 0.329 e. The van der Waals surface area contributed by atoms with E-state index in [-0.39, 0.29) is 36.4 Å². The van der Waals surface area contributed by atoms with E-state index in [1.165, 1.54) is 14.0 Å². The lowest BCUT2D eigenvalue weighted by Gasteiger charge is -2.16. The number of rotatable bonds is 14. The number of benzene rings is 2. The zero-order valence-corrected chi connectivity index (χ0v) is 24.8. The zero-order chi connectivity index (χ0) is 30.8. The third kappa shape index (κ3) is 8.70. The van der Waals surface area contributed by atoms with Crippen LogP contribution in [0, 0.1) is 17.0 Å². The maximum atomic E-state index is 13.5. The summed E-state index contributed by atoms with van der Waals surface area (Å²) in [5.74, 6) is -1.02. The third-order valence-corrected chi connectivity index (χ3v) is 7.43. The van der Waals surface area contributed by atoms with E-state index in [1.54, 1.807) is 54.0 Å². The van der Waals surface area contributed by atoms with Crippen molar-refractivity contribution in [3.05, 3.63) is 74.4 Å². The van der Waals surface area contributed by atoms with Crippen molar-refractivity contribution in [3.63, 3.8) is 0 Å². The third-order valence-electron chi connectivity index (χ3n) is 6.21. The van der Waals surface area contributed by atoms with Crippen LogP contribution in [0.1, 0.15) is 41.4 Å². The quantitative estimate of drug-likeness (QED) is 0.120. The second kappa shape index (κ2) is 15.2. The molecule has 0 radical (unpaired) electrons. The zero-order valence-electron chi connectivity index (χ0n) is 23.2. The van der Waals surface area contributed by atoms with Crippen molar-refractivity contribution in [2.24, 2.45) is 0 Å². The highest BCUT2D eigenvalue weighted by molar-refractivity contribution is 8.13. The second-order valence-electron chi connectivity index (χ2n) is 9.14. The molecule has 1 atom stereocenters. The van der Waals surface area contributed by atoms with Gasteiger partial charge in [0.25, 0.3) is 11.0 Å². The summed E-state index contributed by atoms with van der Waals surface area (Å²) in [6.07, 6.45) is 0.559. The summed E-state index contributed by atoms with van der Waals surface area (Å²) in [5.41, 5.74) is 2.22. The SMILES string of the molecule is COc1ccc2c(c1)c(CC(=O)SC[C@H](NC(C)=O)C(=O)OCCCCO[N+](=O)[O-])c(C)n2C(=O)c1ccc(Cl)cc1. The Balaban J connectivity index is 1.74. The van der Waals surface area contributed by atoms with Gasteiger partial charge in [0.15, 0.2) is 5.12 Å². The minimum absolute atomic E-state index is 0.0310. The van der Waals surface area contributed by atoms with Gasteiger partial charge >= 0.3 is 5.97 Å². The number of unbranched alkanes of at least 4 members (excludes halogenated alkanes) is 1. The molecule has 1 aromatic heterocycles. The Hall–Kier alpha value is -4.10. The first-order valence-electron chi connectivity index (χ1n) is 12.9. The first-order valence-corrected chi connectivity index (χ1v) is 14.2. The average Bonchev–Trinajstić information content (AvgIpc) is 3.22. The van der Waals surface area contributed by atoms with Crippen LogP contribution in [0.5, 0.6) is 5.75 Å². The van der Waals surface area contributed by atoms with Gasteiger partial charge in [-0.2, -0.15) is 0 Å². The lowest BCUT2D eigenvalue weighted by molar-refractivity contribution is -0.757. The van der Waals surface area contributed by atoms with Crippen LogP contribution < -0.4 is 10.1 Å². The maximum absolute atomic E-state index is 13.5. The molecule has 3 aromatic rings. The van der Waals surface area contributed by atoms with Crippen LogP contribution in [0.2, 0.25) is 5.02 Å². The highest BCUT2D eigenvalue weighted by atomic mass is 35.5. The molecule has 0 aliphatic carbocycles. The largest absolute Gasteiger partial charge is 0.497 e. The summed E-state index contributed by atoms with van der Waals surface area (Å²) >= 11 is 6.84. The first kappa shape index (κ1) is 32.4. The monoisotopic (exact) mass is 619 g/mol. The van der Waals surface area contributed by atoms with E-state index in [4.69, 9.17) is 21.1 Å². The van der Waals surface area contributed by atoms with Crippen LogP contribution in [0.4, 0.5) is 0 Å². The lowest BCUT2D eigenvalue weighted by Crippen LogP contribution is -2.43. The predicted molar refractivity (Wildman–Crippen MR) is 156 cm³/mol. The molecule has 3 rings (SSSR count). The van der Waals surface area contributed by atoms with E-state index in [0.717, 1.165) is 11.8 Å². The minimum Gasteiger partial charge on any atom is -0.497 e. The van der Waals surface area contributed by atoms with Crippen molar-refractivity contribution in [1.29, 1.82) is 0 Å². The van der Waals surface area contributed by atoms with Crippen molar-refractivity contribution in [3.8, 4) is 5.75 Å². The van der Waals surface area contributed by atoms with Gasteiger partial charge in [-0.05, 0) is 67.8 Å². The summed E-state index contributed by atoms with van der Waals surface area (Å²) in [5, 5.41) is 12.6. The van der Waals surface area contributed by atoms with Gasteiger partial charge in [-0.15, -0.1) is 10.1 Å². The van der Waals surface area contributed by atoms with Crippen LogP contribution in [-0.2, 0) is 30.4 Å². The van der Waals surface area contributed by atoms with E-state index >= 15 is 0 Å². The van der Waals surface area contributed by atoms with Gasteiger partial charge in [-0.25, -0.2) is 4.79 Å². The molecule has 42 heavy (non-hydrogen) atoms. The molecule has 1 amide bonds. The highest BCUT2D eigenvalue weighted by Gasteiger charge is 2.25. The predicted octanol–water partition coefficient (Wildman–Crippen LogP) is 4.14. The number of carbonyl (C=O) groups excluding carboxylic acids is 4. The molecule has 0 bridgehead atoms. The molecule has 0 fully saturated rings. The Morgan fingerprint density at radius 1 is 1.10 bits per heavy atom. The van der Waals surface area contributed by atoms with Crippen LogP contribution in [0.25, 0.3) is 10.9 Å². The fourth-order valence-electron chi connectivity index (χ4n) is 4.20. The molecule has 0 saturated heterocycles. The fourth-order valence-corrected chi connectivity index (χ4v) is 5.14. The number of halogens is 1. The number of carbonyl (C=O) groups is 4. The van der Waals surface area contributed by atoms with E-state index in [1.807, 2.05) is 0 Å². The molecule has 0 aliphatic rings. The second-order valence-corrected chi connectivity index (χ2v) is 10.7. The molecule has 0 spiro atoms. The minimum atomic E-state index is -1.08. The molecule has 224 valence electrons. The molecule has 2 aromatic carbocycles. The Morgan fingerprint density at radius 3 is 2.43 bits per heavy atom. The standard InChI is InChI=1S/C28H30ClN3O9S/c1-17-22(15-26(34)42-16-24(30-18(2)33)28(36)40-12-4-5-13-41-32(37)38)23-14-21(39-3)10-11-25(23)31(17)27(35)19-6-8-20(29)9-7-19/h6-11,14,24H,4-5,12-13,15-16H2,1-3H3,(H,30,33)/t24-/m0/s1.